The van der Waals surface area contributed by atoms with Crippen molar-refractivity contribution in [3.05, 3.63) is 81.9 Å². The molecule has 0 saturated carbocycles. The number of hydrazone groups is 1. The fourth-order valence-corrected chi connectivity index (χ4v) is 6.54. The smallest absolute Gasteiger partial charge is 0.240 e. The zero-order valence-corrected chi connectivity index (χ0v) is 23.1. The maximum absolute atomic E-state index is 12.8. The minimum absolute atomic E-state index is 0.110. The van der Waals surface area contributed by atoms with Crippen molar-refractivity contribution in [1.29, 1.82) is 5.26 Å². The number of carbonyl (C=O) groups excluding carboxylic acids is 1. The Balaban J connectivity index is 1.58. The lowest BCUT2D eigenvalue weighted by molar-refractivity contribution is -0.130. The molecule has 1 unspecified atom stereocenters. The number of aryl methyl sites for hydroxylation is 2. The third-order valence-corrected chi connectivity index (χ3v) is 8.47. The number of nitriles is 1. The number of hydrogen-bond donors (Lipinski definition) is 0. The Morgan fingerprint density at radius 3 is 2.49 bits per heavy atom. The maximum atomic E-state index is 12.8. The Morgan fingerprint density at radius 2 is 1.85 bits per heavy atom. The van der Waals surface area contributed by atoms with E-state index in [1.165, 1.54) is 0 Å². The minimum atomic E-state index is -0.203. The van der Waals surface area contributed by atoms with Crippen molar-refractivity contribution in [2.45, 2.75) is 39.3 Å². The molecule has 4 aromatic rings. The summed E-state index contributed by atoms with van der Waals surface area (Å²) in [6.45, 7) is 4.29. The zero-order chi connectivity index (χ0) is 27.3. The van der Waals surface area contributed by atoms with Gasteiger partial charge in [-0.25, -0.2) is 5.01 Å². The number of hydrogen-bond acceptors (Lipinski definition) is 6. The molecule has 7 nitrogen and oxygen atoms in total. The van der Waals surface area contributed by atoms with Crippen LogP contribution in [0.5, 0.6) is 11.5 Å². The van der Waals surface area contributed by atoms with Crippen LogP contribution in [0.2, 0.25) is 0 Å². The fourth-order valence-electron chi connectivity index (χ4n) is 5.76. The van der Waals surface area contributed by atoms with Gasteiger partial charge in [0, 0.05) is 35.9 Å². The SMILES string of the molecule is COc1cc2c(cc1OC)-c1c(C#N)c(-c3cccs3)c(C3=NN(C(C)=O)C(c4ccc(C)cc4)C3)n1CC2. The summed E-state index contributed by atoms with van der Waals surface area (Å²) in [5.74, 6) is 1.18. The van der Waals surface area contributed by atoms with Crippen LogP contribution in [0.15, 0.2) is 59.0 Å². The van der Waals surface area contributed by atoms with E-state index in [4.69, 9.17) is 14.6 Å². The van der Waals surface area contributed by atoms with E-state index in [1.54, 1.807) is 37.5 Å². The first kappa shape index (κ1) is 25.0. The van der Waals surface area contributed by atoms with Crippen LogP contribution in [0.25, 0.3) is 21.7 Å². The number of aromatic nitrogens is 1. The number of methoxy groups -OCH3 is 2. The van der Waals surface area contributed by atoms with E-state index in [2.05, 4.69) is 41.8 Å². The lowest BCUT2D eigenvalue weighted by Gasteiger charge is -2.23. The number of amides is 1. The van der Waals surface area contributed by atoms with E-state index in [1.807, 2.05) is 29.6 Å². The molecule has 0 bridgehead atoms. The monoisotopic (exact) mass is 536 g/mol. The van der Waals surface area contributed by atoms with Gasteiger partial charge in [0.25, 0.3) is 0 Å². The van der Waals surface area contributed by atoms with Crippen LogP contribution >= 0.6 is 11.3 Å². The van der Waals surface area contributed by atoms with Gasteiger partial charge in [0.05, 0.1) is 42.9 Å². The molecule has 196 valence electrons. The molecule has 2 aromatic heterocycles. The molecule has 0 radical (unpaired) electrons. The topological polar surface area (TPSA) is 79.8 Å². The molecule has 0 spiro atoms. The molecule has 2 aromatic carbocycles. The van der Waals surface area contributed by atoms with Gasteiger partial charge in [0.2, 0.25) is 5.91 Å². The number of carbonyl (C=O) groups is 1. The van der Waals surface area contributed by atoms with Crippen LogP contribution in [-0.4, -0.2) is 35.4 Å². The number of thiophene rings is 1. The normalized spacial score (nSPS) is 15.8. The molecule has 6 rings (SSSR count). The standard InChI is InChI=1S/C31H28N4O3S/c1-18-7-9-20(10-8-18)25-16-24(33-35(25)19(2)36)31-29(28-6-5-13-39-28)23(17-32)30-22-15-27(38-4)26(37-3)14-21(22)11-12-34(30)31/h5-10,13-15,25H,11-12,16H2,1-4H3. The molecule has 8 heteroatoms. The average Bonchev–Trinajstić information content (AvgIpc) is 3.69. The average molecular weight is 537 g/mol. The van der Waals surface area contributed by atoms with Gasteiger partial charge in [0.1, 0.15) is 6.07 Å². The van der Waals surface area contributed by atoms with Crippen LogP contribution in [0.4, 0.5) is 0 Å². The van der Waals surface area contributed by atoms with Gasteiger partial charge in [-0.1, -0.05) is 35.9 Å². The number of rotatable bonds is 5. The van der Waals surface area contributed by atoms with Gasteiger partial charge in [-0.05, 0) is 48.1 Å². The second-order valence-electron chi connectivity index (χ2n) is 9.84. The Labute approximate surface area is 231 Å². The van der Waals surface area contributed by atoms with Crippen molar-refractivity contribution >= 4 is 23.0 Å². The fraction of sp³-hybridized carbons (Fsp3) is 0.258. The summed E-state index contributed by atoms with van der Waals surface area (Å²) in [5.41, 5.74) is 8.32. The van der Waals surface area contributed by atoms with Crippen LogP contribution in [0.1, 0.15) is 47.3 Å². The summed E-state index contributed by atoms with van der Waals surface area (Å²) >= 11 is 1.60. The van der Waals surface area contributed by atoms with Crippen molar-refractivity contribution < 1.29 is 14.3 Å². The lowest BCUT2D eigenvalue weighted by Crippen LogP contribution is -2.24. The zero-order valence-electron chi connectivity index (χ0n) is 22.3. The number of ether oxygens (including phenoxy) is 2. The van der Waals surface area contributed by atoms with E-state index in [0.717, 1.165) is 56.2 Å². The van der Waals surface area contributed by atoms with Gasteiger partial charge in [-0.3, -0.25) is 4.79 Å². The molecule has 2 aliphatic heterocycles. The van der Waals surface area contributed by atoms with Gasteiger partial charge in [-0.2, -0.15) is 10.4 Å². The molecule has 0 saturated heterocycles. The maximum Gasteiger partial charge on any atom is 0.240 e. The van der Waals surface area contributed by atoms with Crippen molar-refractivity contribution in [2.75, 3.05) is 14.2 Å². The summed E-state index contributed by atoms with van der Waals surface area (Å²) in [7, 11) is 3.25. The number of benzene rings is 2. The summed E-state index contributed by atoms with van der Waals surface area (Å²) in [4.78, 5) is 13.8. The summed E-state index contributed by atoms with van der Waals surface area (Å²) in [5, 5.41) is 19.1. The quantitative estimate of drug-likeness (QED) is 0.298. The summed E-state index contributed by atoms with van der Waals surface area (Å²) in [6.07, 6.45) is 1.33. The third kappa shape index (κ3) is 4.01. The van der Waals surface area contributed by atoms with E-state index < -0.39 is 0 Å². The molecule has 1 amide bonds. The molecular formula is C31H28N4O3S. The van der Waals surface area contributed by atoms with Crippen LogP contribution in [-0.2, 0) is 17.8 Å². The van der Waals surface area contributed by atoms with E-state index in [0.29, 0.717) is 30.0 Å². The predicted octanol–water partition coefficient (Wildman–Crippen LogP) is 6.33. The largest absolute Gasteiger partial charge is 0.493 e. The highest BCUT2D eigenvalue weighted by Crippen LogP contribution is 2.47. The number of nitrogens with zero attached hydrogens (tertiary/aromatic N) is 4. The Morgan fingerprint density at radius 1 is 1.10 bits per heavy atom. The molecule has 2 aliphatic rings. The Kier molecular flexibility index (Phi) is 6.24. The number of fused-ring (bicyclic) bond motifs is 3. The first-order valence-corrected chi connectivity index (χ1v) is 13.7. The first-order valence-electron chi connectivity index (χ1n) is 12.8. The lowest BCUT2D eigenvalue weighted by atomic mass is 9.94. The van der Waals surface area contributed by atoms with Gasteiger partial charge >= 0.3 is 0 Å². The molecular weight excluding hydrogens is 508 g/mol. The minimum Gasteiger partial charge on any atom is -0.493 e. The molecule has 4 heterocycles. The molecule has 0 N–H and O–H groups in total. The van der Waals surface area contributed by atoms with E-state index >= 15 is 0 Å². The van der Waals surface area contributed by atoms with Crippen LogP contribution < -0.4 is 9.47 Å². The van der Waals surface area contributed by atoms with Gasteiger partial charge in [0.15, 0.2) is 11.5 Å². The highest BCUT2D eigenvalue weighted by atomic mass is 32.1. The van der Waals surface area contributed by atoms with Crippen molar-refractivity contribution in [2.24, 2.45) is 5.10 Å². The Bertz CT molecular complexity index is 1660. The Hall–Kier alpha value is -4.35. The highest BCUT2D eigenvalue weighted by Gasteiger charge is 2.38. The van der Waals surface area contributed by atoms with Crippen molar-refractivity contribution in [1.82, 2.24) is 9.58 Å². The second kappa shape index (κ2) is 9.75. The summed E-state index contributed by atoms with van der Waals surface area (Å²) in [6, 6.07) is 18.6. The van der Waals surface area contributed by atoms with E-state index in [9.17, 15) is 10.1 Å². The van der Waals surface area contributed by atoms with Gasteiger partial charge < -0.3 is 14.0 Å². The van der Waals surface area contributed by atoms with E-state index in [-0.39, 0.29) is 11.9 Å². The highest BCUT2D eigenvalue weighted by molar-refractivity contribution is 7.13. The molecule has 0 fully saturated rings. The van der Waals surface area contributed by atoms with Gasteiger partial charge in [-0.15, -0.1) is 11.3 Å². The second-order valence-corrected chi connectivity index (χ2v) is 10.8. The van der Waals surface area contributed by atoms with Crippen LogP contribution in [0, 0.1) is 18.3 Å². The molecule has 39 heavy (non-hydrogen) atoms. The van der Waals surface area contributed by atoms with Crippen molar-refractivity contribution in [3.8, 4) is 39.3 Å². The molecule has 1 atom stereocenters. The van der Waals surface area contributed by atoms with Crippen LogP contribution in [0.3, 0.4) is 0 Å². The van der Waals surface area contributed by atoms with Crippen molar-refractivity contribution in [3.63, 3.8) is 0 Å². The first-order chi connectivity index (χ1) is 18.9. The predicted molar refractivity (Wildman–Crippen MR) is 152 cm³/mol. The summed E-state index contributed by atoms with van der Waals surface area (Å²) < 4.78 is 13.4. The third-order valence-electron chi connectivity index (χ3n) is 7.58. The molecule has 0 aliphatic carbocycles.